The minimum atomic E-state index is -3.93. The zero-order chi connectivity index (χ0) is 15.8. The number of alkyl halides is 1. The van der Waals surface area contributed by atoms with Crippen molar-refractivity contribution in [3.63, 3.8) is 0 Å². The van der Waals surface area contributed by atoms with Crippen LogP contribution in [0.15, 0.2) is 17.0 Å². The van der Waals surface area contributed by atoms with Crippen molar-refractivity contribution in [3.8, 4) is 0 Å². The zero-order valence-corrected chi connectivity index (χ0v) is 14.1. The molecule has 1 heterocycles. The van der Waals surface area contributed by atoms with Crippen molar-refractivity contribution in [1.82, 2.24) is 9.21 Å². The molecule has 1 unspecified atom stereocenters. The smallest absolute Gasteiger partial charge is 0.246 e. The second-order valence-corrected chi connectivity index (χ2v) is 7.80. The second-order valence-electron chi connectivity index (χ2n) is 5.24. The number of halogens is 3. The van der Waals surface area contributed by atoms with E-state index in [1.807, 2.05) is 11.9 Å². The average molecular weight is 355 g/mol. The lowest BCUT2D eigenvalue weighted by atomic mass is 10.2. The summed E-state index contributed by atoms with van der Waals surface area (Å²) in [5.74, 6) is -0.951. The van der Waals surface area contributed by atoms with E-state index in [9.17, 15) is 12.8 Å². The molecule has 2 rings (SSSR count). The third-order valence-electron chi connectivity index (χ3n) is 3.58. The molecule has 21 heavy (non-hydrogen) atoms. The molecule has 1 aromatic carbocycles. The summed E-state index contributed by atoms with van der Waals surface area (Å²) in [6.07, 6.45) is 0. The van der Waals surface area contributed by atoms with Gasteiger partial charge in [-0.2, -0.15) is 4.31 Å². The summed E-state index contributed by atoms with van der Waals surface area (Å²) in [5.41, 5.74) is 0.0875. The zero-order valence-electron chi connectivity index (χ0n) is 11.8. The Morgan fingerprint density at radius 1 is 1.38 bits per heavy atom. The molecule has 1 aliphatic heterocycles. The Bertz CT molecular complexity index is 639. The summed E-state index contributed by atoms with van der Waals surface area (Å²) in [5, 5.41) is 0.160. The van der Waals surface area contributed by atoms with Crippen molar-refractivity contribution in [2.75, 3.05) is 26.7 Å². The Hall–Kier alpha value is -0.400. The monoisotopic (exact) mass is 354 g/mol. The van der Waals surface area contributed by atoms with Crippen LogP contribution in [0.1, 0.15) is 12.5 Å². The van der Waals surface area contributed by atoms with Crippen LogP contribution in [0.2, 0.25) is 5.02 Å². The molecule has 1 fully saturated rings. The van der Waals surface area contributed by atoms with Crippen molar-refractivity contribution in [3.05, 3.63) is 28.5 Å². The van der Waals surface area contributed by atoms with Gasteiger partial charge in [0.2, 0.25) is 10.0 Å². The molecule has 8 heteroatoms. The molecule has 0 N–H and O–H groups in total. The van der Waals surface area contributed by atoms with Gasteiger partial charge in [-0.05, 0) is 26.1 Å². The van der Waals surface area contributed by atoms with E-state index in [2.05, 4.69) is 0 Å². The molecule has 0 spiro atoms. The molecule has 0 aromatic heterocycles. The van der Waals surface area contributed by atoms with E-state index in [1.54, 1.807) is 6.92 Å². The number of sulfonamides is 1. The van der Waals surface area contributed by atoms with Crippen LogP contribution < -0.4 is 0 Å². The van der Waals surface area contributed by atoms with E-state index < -0.39 is 20.7 Å². The summed E-state index contributed by atoms with van der Waals surface area (Å²) in [6, 6.07) is 2.26. The van der Waals surface area contributed by atoms with Crippen LogP contribution in [0.5, 0.6) is 0 Å². The van der Waals surface area contributed by atoms with Gasteiger partial charge in [0.25, 0.3) is 0 Å². The number of benzene rings is 1. The quantitative estimate of drug-likeness (QED) is 0.783. The first-order valence-corrected chi connectivity index (χ1v) is 8.87. The number of hydrogen-bond donors (Lipinski definition) is 0. The van der Waals surface area contributed by atoms with Crippen molar-refractivity contribution in [1.29, 1.82) is 0 Å². The lowest BCUT2D eigenvalue weighted by Gasteiger charge is -2.37. The molecule has 4 nitrogen and oxygen atoms in total. The fraction of sp³-hybridized carbons (Fsp3) is 0.538. The summed E-state index contributed by atoms with van der Waals surface area (Å²) in [6.45, 7) is 3.33. The molecule has 0 amide bonds. The number of rotatable bonds is 3. The molecule has 0 bridgehead atoms. The van der Waals surface area contributed by atoms with Gasteiger partial charge >= 0.3 is 0 Å². The van der Waals surface area contributed by atoms with Gasteiger partial charge in [-0.3, -0.25) is 0 Å². The predicted octanol–water partition coefficient (Wildman–Crippen LogP) is 2.54. The van der Waals surface area contributed by atoms with Crippen LogP contribution in [0, 0.1) is 5.82 Å². The average Bonchev–Trinajstić information content (AvgIpc) is 2.40. The molecule has 1 aromatic rings. The molecular weight excluding hydrogens is 338 g/mol. The van der Waals surface area contributed by atoms with Crippen LogP contribution in [0.25, 0.3) is 0 Å². The summed E-state index contributed by atoms with van der Waals surface area (Å²) >= 11 is 11.5. The van der Waals surface area contributed by atoms with Crippen LogP contribution in [0.3, 0.4) is 0 Å². The maximum absolute atomic E-state index is 14.3. The highest BCUT2D eigenvalue weighted by atomic mass is 35.5. The molecule has 118 valence electrons. The lowest BCUT2D eigenvalue weighted by molar-refractivity contribution is 0.170. The van der Waals surface area contributed by atoms with E-state index in [1.165, 1.54) is 10.4 Å². The minimum absolute atomic E-state index is 0.0875. The fourth-order valence-electron chi connectivity index (χ4n) is 2.51. The van der Waals surface area contributed by atoms with Gasteiger partial charge in [0.1, 0.15) is 10.7 Å². The number of likely N-dealkylation sites (N-methyl/N-ethyl adjacent to an activating group) is 1. The largest absolute Gasteiger partial charge is 0.303 e. The Morgan fingerprint density at radius 2 is 2.05 bits per heavy atom. The van der Waals surface area contributed by atoms with Gasteiger partial charge in [-0.1, -0.05) is 11.6 Å². The molecule has 0 saturated carbocycles. The highest BCUT2D eigenvalue weighted by Crippen LogP contribution is 2.29. The number of nitrogens with zero attached hydrogens (tertiary/aromatic N) is 2. The van der Waals surface area contributed by atoms with Gasteiger partial charge < -0.3 is 4.90 Å². The molecule has 0 aliphatic carbocycles. The van der Waals surface area contributed by atoms with Gasteiger partial charge in [0, 0.05) is 36.3 Å². The van der Waals surface area contributed by atoms with E-state index >= 15 is 0 Å². The molecular formula is C13H17Cl2FN2O2S. The third kappa shape index (κ3) is 3.35. The van der Waals surface area contributed by atoms with E-state index in [0.29, 0.717) is 19.6 Å². The summed E-state index contributed by atoms with van der Waals surface area (Å²) < 4.78 is 41.1. The second kappa shape index (κ2) is 6.38. The van der Waals surface area contributed by atoms with E-state index in [-0.39, 0.29) is 22.5 Å². The molecule has 1 aliphatic rings. The van der Waals surface area contributed by atoms with E-state index in [4.69, 9.17) is 23.2 Å². The van der Waals surface area contributed by atoms with Crippen LogP contribution in [-0.4, -0.2) is 50.3 Å². The van der Waals surface area contributed by atoms with Crippen molar-refractivity contribution < 1.29 is 12.8 Å². The maximum atomic E-state index is 14.3. The standard InChI is InChI=1S/C13H17Cl2FN2O2S/c1-9-8-17(2)3-4-18(9)21(19,20)12-6-11(15)5-10(7-14)13(12)16/h5-6,9H,3-4,7-8H2,1-2H3. The minimum Gasteiger partial charge on any atom is -0.303 e. The summed E-state index contributed by atoms with van der Waals surface area (Å²) in [4.78, 5) is 1.64. The molecule has 1 saturated heterocycles. The Kier molecular flexibility index (Phi) is 5.15. The Balaban J connectivity index is 2.47. The Labute approximate surface area is 134 Å². The molecule has 0 radical (unpaired) electrons. The number of piperazine rings is 1. The van der Waals surface area contributed by atoms with Gasteiger partial charge in [-0.25, -0.2) is 12.8 Å². The maximum Gasteiger partial charge on any atom is 0.246 e. The topological polar surface area (TPSA) is 40.6 Å². The van der Waals surface area contributed by atoms with Gasteiger partial charge in [-0.15, -0.1) is 11.6 Å². The van der Waals surface area contributed by atoms with Crippen LogP contribution >= 0.6 is 23.2 Å². The van der Waals surface area contributed by atoms with Crippen LogP contribution in [-0.2, 0) is 15.9 Å². The van der Waals surface area contributed by atoms with Gasteiger partial charge in [0.05, 0.1) is 5.88 Å². The third-order valence-corrected chi connectivity index (χ3v) is 6.10. The number of hydrogen-bond acceptors (Lipinski definition) is 3. The normalized spacial score (nSPS) is 21.7. The first-order valence-electron chi connectivity index (χ1n) is 6.51. The van der Waals surface area contributed by atoms with Crippen molar-refractivity contribution in [2.45, 2.75) is 23.7 Å². The highest BCUT2D eigenvalue weighted by Gasteiger charge is 2.35. The highest BCUT2D eigenvalue weighted by molar-refractivity contribution is 7.89. The SMILES string of the molecule is CC1CN(C)CCN1S(=O)(=O)c1cc(Cl)cc(CCl)c1F. The van der Waals surface area contributed by atoms with Gasteiger partial charge in [0.15, 0.2) is 0 Å². The van der Waals surface area contributed by atoms with Crippen molar-refractivity contribution in [2.24, 2.45) is 0 Å². The fourth-order valence-corrected chi connectivity index (χ4v) is 4.76. The van der Waals surface area contributed by atoms with Crippen LogP contribution in [0.4, 0.5) is 4.39 Å². The first-order chi connectivity index (χ1) is 9.77. The Morgan fingerprint density at radius 3 is 2.62 bits per heavy atom. The molecule has 1 atom stereocenters. The lowest BCUT2D eigenvalue weighted by Crippen LogP contribution is -2.52. The first kappa shape index (κ1) is 17.0. The predicted molar refractivity (Wildman–Crippen MR) is 81.8 cm³/mol. The summed E-state index contributed by atoms with van der Waals surface area (Å²) in [7, 11) is -2.01. The van der Waals surface area contributed by atoms with E-state index in [0.717, 1.165) is 6.07 Å². The van der Waals surface area contributed by atoms with Crippen molar-refractivity contribution >= 4 is 33.2 Å².